The molecule has 4 atom stereocenters. The SMILES string of the molecule is C=C(C)[C@@H]1[C@@H](CCCc2ccc(C(=O)O)s2)[C@H](Cl)C[C@H]1O. The van der Waals surface area contributed by atoms with Crippen molar-refractivity contribution in [3.63, 3.8) is 0 Å². The lowest BCUT2D eigenvalue weighted by Gasteiger charge is -2.23. The first-order valence-electron chi connectivity index (χ1n) is 7.19. The molecule has 21 heavy (non-hydrogen) atoms. The highest BCUT2D eigenvalue weighted by molar-refractivity contribution is 7.13. The average molecular weight is 329 g/mol. The van der Waals surface area contributed by atoms with Gasteiger partial charge in [-0.2, -0.15) is 0 Å². The summed E-state index contributed by atoms with van der Waals surface area (Å²) in [6.07, 6.45) is 2.99. The zero-order valence-electron chi connectivity index (χ0n) is 12.1. The van der Waals surface area contributed by atoms with Crippen molar-refractivity contribution in [2.45, 2.75) is 44.1 Å². The molecule has 0 spiro atoms. The molecule has 0 aliphatic heterocycles. The second kappa shape index (κ2) is 6.95. The van der Waals surface area contributed by atoms with Crippen molar-refractivity contribution in [3.05, 3.63) is 34.0 Å². The molecule has 5 heteroatoms. The standard InChI is InChI=1S/C16H21ClO3S/c1-9(2)15-11(12(17)8-13(15)18)5-3-4-10-6-7-14(21-10)16(19)20/h6-7,11-13,15,18H,1,3-5,8H2,2H3,(H,19,20)/t11-,12+,13+,15+/m0/s1. The number of alkyl halides is 1. The molecule has 0 aromatic carbocycles. The first-order chi connectivity index (χ1) is 9.90. The van der Waals surface area contributed by atoms with Crippen LogP contribution < -0.4 is 0 Å². The summed E-state index contributed by atoms with van der Waals surface area (Å²) in [5, 5.41) is 19.0. The summed E-state index contributed by atoms with van der Waals surface area (Å²) < 4.78 is 0. The monoisotopic (exact) mass is 328 g/mol. The van der Waals surface area contributed by atoms with Crippen LogP contribution in [0.1, 0.15) is 40.7 Å². The summed E-state index contributed by atoms with van der Waals surface area (Å²) in [5.41, 5.74) is 1.000. The number of thiophene rings is 1. The van der Waals surface area contributed by atoms with Crippen molar-refractivity contribution in [2.24, 2.45) is 11.8 Å². The molecule has 116 valence electrons. The van der Waals surface area contributed by atoms with Crippen molar-refractivity contribution >= 4 is 28.9 Å². The van der Waals surface area contributed by atoms with Gasteiger partial charge in [0, 0.05) is 16.2 Å². The normalized spacial score (nSPS) is 28.7. The topological polar surface area (TPSA) is 57.5 Å². The minimum atomic E-state index is -0.867. The Morgan fingerprint density at radius 2 is 2.24 bits per heavy atom. The third-order valence-corrected chi connectivity index (χ3v) is 5.84. The highest BCUT2D eigenvalue weighted by Crippen LogP contribution is 2.42. The molecule has 1 fully saturated rings. The van der Waals surface area contributed by atoms with Gasteiger partial charge in [0.2, 0.25) is 0 Å². The fourth-order valence-electron chi connectivity index (χ4n) is 3.26. The average Bonchev–Trinajstić information content (AvgIpc) is 2.95. The zero-order chi connectivity index (χ0) is 15.6. The molecule has 1 aliphatic rings. The van der Waals surface area contributed by atoms with Crippen LogP contribution in [0.4, 0.5) is 0 Å². The molecular weight excluding hydrogens is 308 g/mol. The van der Waals surface area contributed by atoms with Gasteiger partial charge in [0.25, 0.3) is 0 Å². The molecule has 0 saturated heterocycles. The van der Waals surface area contributed by atoms with Gasteiger partial charge in [0.05, 0.1) is 6.10 Å². The van der Waals surface area contributed by atoms with E-state index in [1.54, 1.807) is 6.07 Å². The van der Waals surface area contributed by atoms with E-state index in [2.05, 4.69) is 6.58 Å². The number of carboxylic acids is 1. The number of hydrogen-bond acceptors (Lipinski definition) is 3. The lowest BCUT2D eigenvalue weighted by Crippen LogP contribution is -2.21. The van der Waals surface area contributed by atoms with Gasteiger partial charge in [-0.25, -0.2) is 4.79 Å². The van der Waals surface area contributed by atoms with Crippen LogP contribution >= 0.6 is 22.9 Å². The minimum absolute atomic E-state index is 0.000355. The largest absolute Gasteiger partial charge is 0.477 e. The van der Waals surface area contributed by atoms with Gasteiger partial charge in [-0.1, -0.05) is 12.2 Å². The number of aliphatic hydroxyl groups excluding tert-OH is 1. The molecule has 0 amide bonds. The van der Waals surface area contributed by atoms with E-state index < -0.39 is 5.97 Å². The fraction of sp³-hybridized carbons (Fsp3) is 0.562. The second-order valence-electron chi connectivity index (χ2n) is 5.82. The van der Waals surface area contributed by atoms with Crippen LogP contribution in [0.25, 0.3) is 0 Å². The van der Waals surface area contributed by atoms with Crippen LogP contribution in [-0.2, 0) is 6.42 Å². The number of carboxylic acid groups (broad SMARTS) is 1. The molecule has 0 unspecified atom stereocenters. The molecule has 1 heterocycles. The number of carbonyl (C=O) groups is 1. The first-order valence-corrected chi connectivity index (χ1v) is 8.45. The van der Waals surface area contributed by atoms with Gasteiger partial charge in [-0.15, -0.1) is 22.9 Å². The lowest BCUT2D eigenvalue weighted by atomic mass is 9.85. The van der Waals surface area contributed by atoms with Crippen LogP contribution in [0.3, 0.4) is 0 Å². The maximum atomic E-state index is 10.8. The molecule has 2 rings (SSSR count). The Hall–Kier alpha value is -0.840. The number of halogens is 1. The molecular formula is C16H21ClO3S. The van der Waals surface area contributed by atoms with Gasteiger partial charge in [0.15, 0.2) is 0 Å². The third-order valence-electron chi connectivity index (χ3n) is 4.21. The maximum Gasteiger partial charge on any atom is 0.345 e. The highest BCUT2D eigenvalue weighted by Gasteiger charge is 2.41. The Kier molecular flexibility index (Phi) is 5.47. The molecule has 1 saturated carbocycles. The Morgan fingerprint density at radius 1 is 1.52 bits per heavy atom. The van der Waals surface area contributed by atoms with Crippen LogP contribution in [-0.4, -0.2) is 27.7 Å². The lowest BCUT2D eigenvalue weighted by molar-refractivity contribution is 0.0702. The van der Waals surface area contributed by atoms with E-state index in [4.69, 9.17) is 16.7 Å². The van der Waals surface area contributed by atoms with Gasteiger partial charge in [-0.3, -0.25) is 0 Å². The van der Waals surface area contributed by atoms with Crippen molar-refractivity contribution in [2.75, 3.05) is 0 Å². The Labute approximate surface area is 134 Å². The van der Waals surface area contributed by atoms with Crippen LogP contribution in [0.15, 0.2) is 24.3 Å². The van der Waals surface area contributed by atoms with E-state index in [0.29, 0.717) is 11.3 Å². The summed E-state index contributed by atoms with van der Waals surface area (Å²) in [6.45, 7) is 5.93. The maximum absolute atomic E-state index is 10.8. The quantitative estimate of drug-likeness (QED) is 0.614. The van der Waals surface area contributed by atoms with Crippen molar-refractivity contribution < 1.29 is 15.0 Å². The van der Waals surface area contributed by atoms with Gasteiger partial charge >= 0.3 is 5.97 Å². The number of rotatable bonds is 6. The number of aromatic carboxylic acids is 1. The summed E-state index contributed by atoms with van der Waals surface area (Å²) in [4.78, 5) is 12.3. The molecule has 0 bridgehead atoms. The van der Waals surface area contributed by atoms with Crippen molar-refractivity contribution in [1.29, 1.82) is 0 Å². The van der Waals surface area contributed by atoms with Crippen molar-refractivity contribution in [1.82, 2.24) is 0 Å². The molecule has 2 N–H and O–H groups in total. The Morgan fingerprint density at radius 3 is 2.81 bits per heavy atom. The summed E-state index contributed by atoms with van der Waals surface area (Å²) >= 11 is 7.70. The van der Waals surface area contributed by atoms with E-state index >= 15 is 0 Å². The van der Waals surface area contributed by atoms with E-state index in [1.165, 1.54) is 11.3 Å². The highest BCUT2D eigenvalue weighted by atomic mass is 35.5. The fourth-order valence-corrected chi connectivity index (χ4v) is 4.61. The summed E-state index contributed by atoms with van der Waals surface area (Å²) in [7, 11) is 0. The van der Waals surface area contributed by atoms with E-state index in [0.717, 1.165) is 29.7 Å². The number of hydrogen-bond donors (Lipinski definition) is 2. The number of aliphatic hydroxyl groups is 1. The van der Waals surface area contributed by atoms with Gasteiger partial charge in [0.1, 0.15) is 4.88 Å². The predicted molar refractivity (Wildman–Crippen MR) is 86.3 cm³/mol. The summed E-state index contributed by atoms with van der Waals surface area (Å²) in [5.74, 6) is -0.517. The Balaban J connectivity index is 1.89. The number of aryl methyl sites for hydroxylation is 1. The molecule has 1 aromatic rings. The summed E-state index contributed by atoms with van der Waals surface area (Å²) in [6, 6.07) is 3.54. The van der Waals surface area contributed by atoms with Crippen LogP contribution in [0, 0.1) is 11.8 Å². The smallest absolute Gasteiger partial charge is 0.345 e. The second-order valence-corrected chi connectivity index (χ2v) is 7.55. The van der Waals surface area contributed by atoms with E-state index in [1.807, 2.05) is 13.0 Å². The molecule has 1 aromatic heterocycles. The van der Waals surface area contributed by atoms with E-state index in [-0.39, 0.29) is 23.3 Å². The molecule has 3 nitrogen and oxygen atoms in total. The van der Waals surface area contributed by atoms with Gasteiger partial charge in [-0.05, 0) is 50.7 Å². The van der Waals surface area contributed by atoms with Crippen LogP contribution in [0.2, 0.25) is 0 Å². The Bertz CT molecular complexity index is 525. The van der Waals surface area contributed by atoms with Gasteiger partial charge < -0.3 is 10.2 Å². The molecule has 0 radical (unpaired) electrons. The predicted octanol–water partition coefficient (Wildman–Crippen LogP) is 3.95. The third kappa shape index (κ3) is 3.87. The first kappa shape index (κ1) is 16.5. The van der Waals surface area contributed by atoms with E-state index in [9.17, 15) is 9.90 Å². The molecule has 1 aliphatic carbocycles. The van der Waals surface area contributed by atoms with Crippen molar-refractivity contribution in [3.8, 4) is 0 Å². The van der Waals surface area contributed by atoms with Crippen LogP contribution in [0.5, 0.6) is 0 Å². The minimum Gasteiger partial charge on any atom is -0.477 e. The zero-order valence-corrected chi connectivity index (χ0v) is 13.7.